The Hall–Kier alpha value is -1.05. The molecular weight excluding hydrogens is 360 g/mol. The van der Waals surface area contributed by atoms with Crippen molar-refractivity contribution in [2.24, 2.45) is 10.7 Å². The van der Waals surface area contributed by atoms with Crippen molar-refractivity contribution in [2.75, 3.05) is 6.61 Å². The van der Waals surface area contributed by atoms with E-state index >= 15 is 0 Å². The van der Waals surface area contributed by atoms with Gasteiger partial charge in [-0.1, -0.05) is 6.07 Å². The molecule has 1 aromatic rings. The number of guanidine groups is 1. The van der Waals surface area contributed by atoms with Gasteiger partial charge in [0.25, 0.3) is 0 Å². The van der Waals surface area contributed by atoms with Crippen molar-refractivity contribution in [1.82, 2.24) is 5.32 Å². The Morgan fingerprint density at radius 3 is 2.68 bits per heavy atom. The summed E-state index contributed by atoms with van der Waals surface area (Å²) in [4.78, 5) is 4.13. The predicted molar refractivity (Wildman–Crippen MR) is 86.6 cm³/mol. The second kappa shape index (κ2) is 8.95. The van der Waals surface area contributed by atoms with Crippen LogP contribution in [-0.2, 0) is 6.54 Å². The van der Waals surface area contributed by atoms with E-state index in [1.54, 1.807) is 12.1 Å². The minimum atomic E-state index is -0.375. The Morgan fingerprint density at radius 1 is 1.47 bits per heavy atom. The van der Waals surface area contributed by atoms with Gasteiger partial charge in [0.05, 0.1) is 13.2 Å². The third kappa shape index (κ3) is 6.60. The van der Waals surface area contributed by atoms with Gasteiger partial charge in [-0.2, -0.15) is 0 Å². The number of aliphatic imine (C=N–C) groups is 1. The summed E-state index contributed by atoms with van der Waals surface area (Å²) in [5, 5.41) is 2.97. The van der Waals surface area contributed by atoms with Crippen LogP contribution in [0.15, 0.2) is 23.2 Å². The fraction of sp³-hybridized carbons (Fsp3) is 0.462. The van der Waals surface area contributed by atoms with Gasteiger partial charge in [0.2, 0.25) is 0 Å². The largest absolute Gasteiger partial charge is 0.491 e. The molecule has 0 heterocycles. The molecule has 1 aromatic carbocycles. The van der Waals surface area contributed by atoms with Crippen molar-refractivity contribution >= 4 is 29.9 Å². The van der Waals surface area contributed by atoms with Crippen molar-refractivity contribution in [2.45, 2.75) is 33.4 Å². The molecule has 0 aliphatic rings. The van der Waals surface area contributed by atoms with Crippen LogP contribution in [0.4, 0.5) is 4.39 Å². The number of nitrogens with two attached hydrogens (primary N) is 1. The highest BCUT2D eigenvalue weighted by molar-refractivity contribution is 14.0. The zero-order chi connectivity index (χ0) is 13.5. The number of hydrogen-bond acceptors (Lipinski definition) is 2. The van der Waals surface area contributed by atoms with Crippen molar-refractivity contribution in [3.8, 4) is 5.75 Å². The molecule has 6 heteroatoms. The molecule has 0 aliphatic heterocycles. The molecule has 0 saturated carbocycles. The maximum atomic E-state index is 13.6. The predicted octanol–water partition coefficient (Wildman–Crippen LogP) is 2.66. The summed E-state index contributed by atoms with van der Waals surface area (Å²) in [5.74, 6) is 0.248. The summed E-state index contributed by atoms with van der Waals surface area (Å²) in [5.41, 5.74) is 6.41. The first-order valence-electron chi connectivity index (χ1n) is 6.00. The monoisotopic (exact) mass is 381 g/mol. The topological polar surface area (TPSA) is 59.6 Å². The van der Waals surface area contributed by atoms with Crippen LogP contribution in [0.5, 0.6) is 5.75 Å². The number of nitrogens with one attached hydrogen (secondary N) is 1. The zero-order valence-corrected chi connectivity index (χ0v) is 13.8. The van der Waals surface area contributed by atoms with Crippen LogP contribution in [0.1, 0.15) is 26.3 Å². The summed E-state index contributed by atoms with van der Waals surface area (Å²) in [6, 6.07) is 5.03. The van der Waals surface area contributed by atoms with Gasteiger partial charge in [0, 0.05) is 6.04 Å². The van der Waals surface area contributed by atoms with Crippen LogP contribution < -0.4 is 15.8 Å². The highest BCUT2D eigenvalue weighted by Gasteiger charge is 2.04. The third-order valence-electron chi connectivity index (χ3n) is 2.16. The Labute approximate surface area is 130 Å². The van der Waals surface area contributed by atoms with E-state index < -0.39 is 0 Å². The van der Waals surface area contributed by atoms with Gasteiger partial charge in [-0.05, 0) is 38.5 Å². The van der Waals surface area contributed by atoms with E-state index in [1.807, 2.05) is 20.8 Å². The zero-order valence-electron chi connectivity index (χ0n) is 11.4. The normalized spacial score (nSPS) is 11.1. The second-order valence-corrected chi connectivity index (χ2v) is 4.20. The molecule has 0 unspecified atom stereocenters. The SMILES string of the molecule is CCOc1ccc(CN=C(N)NC(C)C)cc1F.I. The summed E-state index contributed by atoms with van der Waals surface area (Å²) in [6.07, 6.45) is 0. The van der Waals surface area contributed by atoms with Crippen molar-refractivity contribution < 1.29 is 9.13 Å². The molecule has 3 N–H and O–H groups in total. The van der Waals surface area contributed by atoms with Crippen LogP contribution in [0.2, 0.25) is 0 Å². The van der Waals surface area contributed by atoms with E-state index in [1.165, 1.54) is 6.07 Å². The van der Waals surface area contributed by atoms with Crippen LogP contribution in [0.3, 0.4) is 0 Å². The number of halogens is 2. The van der Waals surface area contributed by atoms with Crippen LogP contribution in [0.25, 0.3) is 0 Å². The lowest BCUT2D eigenvalue weighted by molar-refractivity contribution is 0.321. The molecule has 0 aromatic heterocycles. The number of rotatable bonds is 5. The molecule has 108 valence electrons. The average Bonchev–Trinajstić information content (AvgIpc) is 2.29. The Bertz CT molecular complexity index is 424. The first-order chi connectivity index (χ1) is 8.52. The van der Waals surface area contributed by atoms with Crippen molar-refractivity contribution in [3.63, 3.8) is 0 Å². The lowest BCUT2D eigenvalue weighted by Gasteiger charge is -2.09. The van der Waals surface area contributed by atoms with E-state index in [-0.39, 0.29) is 41.6 Å². The van der Waals surface area contributed by atoms with E-state index in [2.05, 4.69) is 10.3 Å². The molecule has 0 radical (unpaired) electrons. The lowest BCUT2D eigenvalue weighted by atomic mass is 10.2. The van der Waals surface area contributed by atoms with Gasteiger partial charge >= 0.3 is 0 Å². The first-order valence-corrected chi connectivity index (χ1v) is 6.00. The van der Waals surface area contributed by atoms with Gasteiger partial charge in [0.15, 0.2) is 17.5 Å². The van der Waals surface area contributed by atoms with Gasteiger partial charge < -0.3 is 15.8 Å². The lowest BCUT2D eigenvalue weighted by Crippen LogP contribution is -2.36. The van der Waals surface area contributed by atoms with Crippen molar-refractivity contribution in [3.05, 3.63) is 29.6 Å². The molecule has 19 heavy (non-hydrogen) atoms. The van der Waals surface area contributed by atoms with E-state index in [0.717, 1.165) is 5.56 Å². The molecule has 0 spiro atoms. The number of hydrogen-bond donors (Lipinski definition) is 2. The Morgan fingerprint density at radius 2 is 2.16 bits per heavy atom. The maximum absolute atomic E-state index is 13.6. The summed E-state index contributed by atoms with van der Waals surface area (Å²) < 4.78 is 18.7. The standard InChI is InChI=1S/C13H20FN3O.HI/c1-4-18-12-6-5-10(7-11(12)14)8-16-13(15)17-9(2)3;/h5-7,9H,4,8H2,1-3H3,(H3,15,16,17);1H. The minimum absolute atomic E-state index is 0. The highest BCUT2D eigenvalue weighted by atomic mass is 127. The second-order valence-electron chi connectivity index (χ2n) is 4.20. The molecular formula is C13H21FIN3O. The fourth-order valence-electron chi connectivity index (χ4n) is 1.43. The summed E-state index contributed by atoms with van der Waals surface area (Å²) >= 11 is 0. The smallest absolute Gasteiger partial charge is 0.189 e. The van der Waals surface area contributed by atoms with E-state index in [0.29, 0.717) is 19.1 Å². The molecule has 0 amide bonds. The van der Waals surface area contributed by atoms with Crippen LogP contribution in [-0.4, -0.2) is 18.6 Å². The van der Waals surface area contributed by atoms with Gasteiger partial charge in [0.1, 0.15) is 0 Å². The quantitative estimate of drug-likeness (QED) is 0.469. The average molecular weight is 381 g/mol. The number of ether oxygens (including phenoxy) is 1. The minimum Gasteiger partial charge on any atom is -0.491 e. The van der Waals surface area contributed by atoms with Crippen LogP contribution in [0, 0.1) is 5.82 Å². The van der Waals surface area contributed by atoms with Gasteiger partial charge in [-0.15, -0.1) is 24.0 Å². The van der Waals surface area contributed by atoms with E-state index in [4.69, 9.17) is 10.5 Å². The maximum Gasteiger partial charge on any atom is 0.189 e. The molecule has 0 atom stereocenters. The molecule has 1 rings (SSSR count). The summed E-state index contributed by atoms with van der Waals surface area (Å²) in [6.45, 7) is 6.54. The number of nitrogens with zero attached hydrogens (tertiary/aromatic N) is 1. The molecule has 0 fully saturated rings. The third-order valence-corrected chi connectivity index (χ3v) is 2.16. The van der Waals surface area contributed by atoms with E-state index in [9.17, 15) is 4.39 Å². The van der Waals surface area contributed by atoms with Crippen LogP contribution >= 0.6 is 24.0 Å². The Balaban J connectivity index is 0.00000324. The molecule has 0 saturated heterocycles. The Kier molecular flexibility index (Phi) is 8.46. The molecule has 0 bridgehead atoms. The van der Waals surface area contributed by atoms with Gasteiger partial charge in [-0.3, -0.25) is 0 Å². The number of benzene rings is 1. The molecule has 4 nitrogen and oxygen atoms in total. The molecule has 0 aliphatic carbocycles. The van der Waals surface area contributed by atoms with Crippen molar-refractivity contribution in [1.29, 1.82) is 0 Å². The first kappa shape index (κ1) is 17.9. The fourth-order valence-corrected chi connectivity index (χ4v) is 1.43. The highest BCUT2D eigenvalue weighted by Crippen LogP contribution is 2.18. The summed E-state index contributed by atoms with van der Waals surface area (Å²) in [7, 11) is 0. The van der Waals surface area contributed by atoms with Gasteiger partial charge in [-0.25, -0.2) is 9.38 Å².